The van der Waals surface area contributed by atoms with E-state index in [1.165, 1.54) is 0 Å². The second kappa shape index (κ2) is 9.18. The van der Waals surface area contributed by atoms with Gasteiger partial charge in [-0.25, -0.2) is 9.97 Å². The van der Waals surface area contributed by atoms with Gasteiger partial charge >= 0.3 is 0 Å². The van der Waals surface area contributed by atoms with Gasteiger partial charge in [-0.05, 0) is 37.4 Å². The average Bonchev–Trinajstić information content (AvgIpc) is 2.83. The van der Waals surface area contributed by atoms with Crippen LogP contribution in [0.15, 0.2) is 42.7 Å². The molecule has 8 heteroatoms. The van der Waals surface area contributed by atoms with E-state index in [0.717, 1.165) is 48.7 Å². The monoisotopic (exact) mass is 421 g/mol. The molecule has 0 aliphatic carbocycles. The number of benzene rings is 1. The molecule has 162 valence electrons. The summed E-state index contributed by atoms with van der Waals surface area (Å²) in [7, 11) is 6.95. The first kappa shape index (κ1) is 20.9. The van der Waals surface area contributed by atoms with E-state index in [9.17, 15) is 0 Å². The number of anilines is 1. The molecule has 0 saturated carbocycles. The average molecular weight is 422 g/mol. The molecule has 8 nitrogen and oxygen atoms in total. The Morgan fingerprint density at radius 3 is 1.87 bits per heavy atom. The van der Waals surface area contributed by atoms with Crippen molar-refractivity contribution in [3.8, 4) is 39.8 Å². The van der Waals surface area contributed by atoms with Gasteiger partial charge in [0.1, 0.15) is 0 Å². The van der Waals surface area contributed by atoms with Gasteiger partial charge in [-0.3, -0.25) is 4.98 Å². The van der Waals surface area contributed by atoms with Gasteiger partial charge in [0, 0.05) is 49.7 Å². The third-order valence-corrected chi connectivity index (χ3v) is 5.44. The van der Waals surface area contributed by atoms with Gasteiger partial charge < -0.3 is 24.0 Å². The van der Waals surface area contributed by atoms with E-state index in [2.05, 4.69) is 21.8 Å². The Hall–Kier alpha value is -3.39. The fourth-order valence-electron chi connectivity index (χ4n) is 3.63. The molecule has 0 N–H and O–H groups in total. The summed E-state index contributed by atoms with van der Waals surface area (Å²) in [6.45, 7) is 3.71. The lowest BCUT2D eigenvalue weighted by molar-refractivity contribution is 0.311. The number of likely N-dealkylation sites (N-methyl/N-ethyl adjacent to an activating group) is 1. The summed E-state index contributed by atoms with van der Waals surface area (Å²) in [5, 5.41) is 0. The van der Waals surface area contributed by atoms with Crippen LogP contribution in [0.5, 0.6) is 17.2 Å². The van der Waals surface area contributed by atoms with Crippen molar-refractivity contribution in [1.82, 2.24) is 19.9 Å². The van der Waals surface area contributed by atoms with Gasteiger partial charge in [-0.15, -0.1) is 0 Å². The lowest BCUT2D eigenvalue weighted by atomic mass is 10.1. The number of nitrogens with zero attached hydrogens (tertiary/aromatic N) is 5. The summed E-state index contributed by atoms with van der Waals surface area (Å²) in [6.07, 6.45) is 3.54. The van der Waals surface area contributed by atoms with Crippen LogP contribution >= 0.6 is 0 Å². The first-order valence-corrected chi connectivity index (χ1v) is 10.2. The van der Waals surface area contributed by atoms with Gasteiger partial charge in [0.2, 0.25) is 11.7 Å². The van der Waals surface area contributed by atoms with E-state index < -0.39 is 0 Å². The third-order valence-electron chi connectivity index (χ3n) is 5.44. The molecule has 1 aromatic carbocycles. The number of hydrogen-bond acceptors (Lipinski definition) is 8. The number of rotatable bonds is 6. The summed E-state index contributed by atoms with van der Waals surface area (Å²) < 4.78 is 16.6. The molecule has 0 spiro atoms. The highest BCUT2D eigenvalue weighted by atomic mass is 16.5. The molecule has 0 radical (unpaired) electrons. The smallest absolute Gasteiger partial charge is 0.226 e. The van der Waals surface area contributed by atoms with Gasteiger partial charge in [0.25, 0.3) is 0 Å². The van der Waals surface area contributed by atoms with Crippen molar-refractivity contribution in [1.29, 1.82) is 0 Å². The Morgan fingerprint density at radius 2 is 1.32 bits per heavy atom. The standard InChI is InChI=1S/C23H27N5O3/c1-27-9-11-28(12-10-27)23-25-18(16-5-7-24-8-6-16)15-19(26-23)17-13-20(29-2)22(31-4)21(14-17)30-3/h5-8,13-15H,9-12H2,1-4H3. The predicted molar refractivity (Wildman–Crippen MR) is 120 cm³/mol. The lowest BCUT2D eigenvalue weighted by Crippen LogP contribution is -2.45. The van der Waals surface area contributed by atoms with Gasteiger partial charge in [-0.2, -0.15) is 0 Å². The predicted octanol–water partition coefficient (Wildman–Crippen LogP) is 2.98. The van der Waals surface area contributed by atoms with Crippen LogP contribution in [0.25, 0.3) is 22.5 Å². The van der Waals surface area contributed by atoms with Crippen molar-refractivity contribution in [3.05, 3.63) is 42.7 Å². The van der Waals surface area contributed by atoms with Gasteiger partial charge in [0.05, 0.1) is 32.7 Å². The van der Waals surface area contributed by atoms with E-state index in [0.29, 0.717) is 23.2 Å². The summed E-state index contributed by atoms with van der Waals surface area (Å²) in [5.41, 5.74) is 3.48. The largest absolute Gasteiger partial charge is 0.493 e. The number of aromatic nitrogens is 3. The zero-order valence-corrected chi connectivity index (χ0v) is 18.3. The maximum atomic E-state index is 5.54. The van der Waals surface area contributed by atoms with Gasteiger partial charge in [0.15, 0.2) is 11.5 Å². The van der Waals surface area contributed by atoms with Crippen LogP contribution in [-0.2, 0) is 0 Å². The molecule has 0 bridgehead atoms. The molecule has 0 atom stereocenters. The highest BCUT2D eigenvalue weighted by Gasteiger charge is 2.20. The minimum Gasteiger partial charge on any atom is -0.493 e. The highest BCUT2D eigenvalue weighted by Crippen LogP contribution is 2.41. The van der Waals surface area contributed by atoms with Crippen molar-refractivity contribution < 1.29 is 14.2 Å². The third kappa shape index (κ3) is 4.39. The fourth-order valence-corrected chi connectivity index (χ4v) is 3.63. The Morgan fingerprint density at radius 1 is 0.742 bits per heavy atom. The van der Waals surface area contributed by atoms with E-state index >= 15 is 0 Å². The van der Waals surface area contributed by atoms with Crippen LogP contribution in [0.4, 0.5) is 5.95 Å². The number of ether oxygens (including phenoxy) is 3. The number of pyridine rings is 1. The van der Waals surface area contributed by atoms with Crippen LogP contribution < -0.4 is 19.1 Å². The SMILES string of the molecule is COc1cc(-c2cc(-c3ccncc3)nc(N3CCN(C)CC3)n2)cc(OC)c1OC. The molecular weight excluding hydrogens is 394 g/mol. The van der Waals surface area contributed by atoms with E-state index in [1.807, 2.05) is 30.3 Å². The molecule has 1 fully saturated rings. The van der Waals surface area contributed by atoms with Crippen LogP contribution in [-0.4, -0.2) is 74.4 Å². The van der Waals surface area contributed by atoms with Gasteiger partial charge in [-0.1, -0.05) is 0 Å². The van der Waals surface area contributed by atoms with Crippen LogP contribution in [0, 0.1) is 0 Å². The molecule has 3 heterocycles. The minimum atomic E-state index is 0.552. The van der Waals surface area contributed by atoms with Crippen LogP contribution in [0.2, 0.25) is 0 Å². The zero-order valence-electron chi connectivity index (χ0n) is 18.3. The summed E-state index contributed by atoms with van der Waals surface area (Å²) in [5.74, 6) is 2.44. The van der Waals surface area contributed by atoms with Crippen molar-refractivity contribution in [2.24, 2.45) is 0 Å². The molecular formula is C23H27N5O3. The van der Waals surface area contributed by atoms with Crippen molar-refractivity contribution >= 4 is 5.95 Å². The molecule has 1 saturated heterocycles. The molecule has 3 aromatic rings. The number of hydrogen-bond donors (Lipinski definition) is 0. The molecule has 1 aliphatic rings. The lowest BCUT2D eigenvalue weighted by Gasteiger charge is -2.32. The first-order chi connectivity index (χ1) is 15.1. The Kier molecular flexibility index (Phi) is 6.18. The van der Waals surface area contributed by atoms with E-state index in [4.69, 9.17) is 24.2 Å². The summed E-state index contributed by atoms with van der Waals surface area (Å²) >= 11 is 0. The molecule has 0 amide bonds. The van der Waals surface area contributed by atoms with Crippen molar-refractivity contribution in [2.45, 2.75) is 0 Å². The van der Waals surface area contributed by atoms with E-state index in [-0.39, 0.29) is 0 Å². The number of piperazine rings is 1. The second-order valence-electron chi connectivity index (χ2n) is 7.38. The molecule has 31 heavy (non-hydrogen) atoms. The van der Waals surface area contributed by atoms with Crippen LogP contribution in [0.3, 0.4) is 0 Å². The second-order valence-corrected chi connectivity index (χ2v) is 7.38. The molecule has 0 unspecified atom stereocenters. The first-order valence-electron chi connectivity index (χ1n) is 10.2. The molecule has 1 aliphatic heterocycles. The minimum absolute atomic E-state index is 0.552. The highest BCUT2D eigenvalue weighted by molar-refractivity contribution is 5.73. The zero-order chi connectivity index (χ0) is 21.8. The Balaban J connectivity index is 1.84. The Labute approximate surface area is 182 Å². The number of methoxy groups -OCH3 is 3. The van der Waals surface area contributed by atoms with Crippen molar-refractivity contribution in [3.63, 3.8) is 0 Å². The van der Waals surface area contributed by atoms with Crippen LogP contribution in [0.1, 0.15) is 0 Å². The quantitative estimate of drug-likeness (QED) is 0.602. The fraction of sp³-hybridized carbons (Fsp3) is 0.348. The summed E-state index contributed by atoms with van der Waals surface area (Å²) in [4.78, 5) is 18.5. The Bertz CT molecular complexity index is 1010. The summed E-state index contributed by atoms with van der Waals surface area (Å²) in [6, 6.07) is 9.71. The molecule has 4 rings (SSSR count). The maximum absolute atomic E-state index is 5.54. The maximum Gasteiger partial charge on any atom is 0.226 e. The topological polar surface area (TPSA) is 72.8 Å². The van der Waals surface area contributed by atoms with E-state index in [1.54, 1.807) is 33.7 Å². The molecule has 2 aromatic heterocycles. The normalized spacial score (nSPS) is 14.4. The van der Waals surface area contributed by atoms with Crippen molar-refractivity contribution in [2.75, 3.05) is 59.5 Å².